The second-order valence-corrected chi connectivity index (χ2v) is 4.38. The second kappa shape index (κ2) is 6.36. The van der Waals surface area contributed by atoms with E-state index < -0.39 is 0 Å². The molecule has 0 spiro atoms. The molecule has 0 aliphatic carbocycles. The zero-order valence-corrected chi connectivity index (χ0v) is 10.6. The molecule has 0 fully saturated rings. The number of aromatic nitrogens is 3. The Morgan fingerprint density at radius 3 is 3.18 bits per heavy atom. The number of aromatic amines is 1. The first-order valence-corrected chi connectivity index (χ1v) is 6.33. The fraction of sp³-hybridized carbons (Fsp3) is 0.455. The number of methoxy groups -OCH3 is 1. The van der Waals surface area contributed by atoms with Crippen molar-refractivity contribution in [2.24, 2.45) is 0 Å². The molecule has 2 aromatic heterocycles. The fourth-order valence-electron chi connectivity index (χ4n) is 1.45. The lowest BCUT2D eigenvalue weighted by Gasteiger charge is -1.99. The molecule has 0 amide bonds. The summed E-state index contributed by atoms with van der Waals surface area (Å²) in [5.41, 5.74) is 1.22. The van der Waals surface area contributed by atoms with Crippen molar-refractivity contribution in [3.63, 3.8) is 0 Å². The third kappa shape index (κ3) is 3.83. The lowest BCUT2D eigenvalue weighted by molar-refractivity contribution is 0.201. The summed E-state index contributed by atoms with van der Waals surface area (Å²) in [6.45, 7) is 1.53. The average molecular weight is 252 g/mol. The standard InChI is InChI=1S/C11H16N4OS/c1-16-8-5-10-14-11(17-15-10)13-7-4-9-3-2-6-12-9/h2-3,6,12H,4-5,7-8H2,1H3,(H,13,14,15). The lowest BCUT2D eigenvalue weighted by atomic mass is 10.3. The van der Waals surface area contributed by atoms with Crippen LogP contribution in [0.25, 0.3) is 0 Å². The molecule has 17 heavy (non-hydrogen) atoms. The number of H-pyrrole nitrogens is 1. The summed E-state index contributed by atoms with van der Waals surface area (Å²) in [4.78, 5) is 7.54. The summed E-state index contributed by atoms with van der Waals surface area (Å²) in [6, 6.07) is 4.08. The number of anilines is 1. The lowest BCUT2D eigenvalue weighted by Crippen LogP contribution is -2.05. The van der Waals surface area contributed by atoms with Crippen LogP contribution in [0.2, 0.25) is 0 Å². The number of rotatable bonds is 7. The molecule has 0 aliphatic heterocycles. The molecule has 0 radical (unpaired) electrons. The zero-order valence-electron chi connectivity index (χ0n) is 9.77. The fourth-order valence-corrected chi connectivity index (χ4v) is 2.08. The van der Waals surface area contributed by atoms with Crippen LogP contribution >= 0.6 is 11.5 Å². The summed E-state index contributed by atoms with van der Waals surface area (Å²) < 4.78 is 9.23. The Kier molecular flexibility index (Phi) is 4.52. The molecule has 2 aromatic rings. The first-order chi connectivity index (χ1) is 8.38. The maximum atomic E-state index is 4.99. The van der Waals surface area contributed by atoms with Crippen LogP contribution in [0, 0.1) is 0 Å². The van der Waals surface area contributed by atoms with Crippen LogP contribution in [0.1, 0.15) is 11.5 Å². The molecule has 0 atom stereocenters. The molecular weight excluding hydrogens is 236 g/mol. The summed E-state index contributed by atoms with van der Waals surface area (Å²) >= 11 is 1.40. The molecule has 6 heteroatoms. The van der Waals surface area contributed by atoms with E-state index in [1.165, 1.54) is 17.2 Å². The number of nitrogens with one attached hydrogen (secondary N) is 2. The van der Waals surface area contributed by atoms with Crippen molar-refractivity contribution in [1.82, 2.24) is 14.3 Å². The Hall–Kier alpha value is -1.40. The van der Waals surface area contributed by atoms with Gasteiger partial charge in [-0.2, -0.15) is 4.37 Å². The first kappa shape index (κ1) is 12.1. The van der Waals surface area contributed by atoms with Gasteiger partial charge in [0.15, 0.2) is 0 Å². The van der Waals surface area contributed by atoms with Crippen LogP contribution in [0.4, 0.5) is 5.13 Å². The Morgan fingerprint density at radius 2 is 2.41 bits per heavy atom. The highest BCUT2D eigenvalue weighted by molar-refractivity contribution is 7.09. The van der Waals surface area contributed by atoms with E-state index in [4.69, 9.17) is 4.74 Å². The van der Waals surface area contributed by atoms with Gasteiger partial charge in [-0.05, 0) is 12.1 Å². The van der Waals surface area contributed by atoms with Crippen LogP contribution in [0.5, 0.6) is 0 Å². The van der Waals surface area contributed by atoms with Crippen molar-refractivity contribution < 1.29 is 4.74 Å². The van der Waals surface area contributed by atoms with Crippen molar-refractivity contribution in [2.75, 3.05) is 25.6 Å². The van der Waals surface area contributed by atoms with Gasteiger partial charge in [-0.15, -0.1) is 0 Å². The van der Waals surface area contributed by atoms with Crippen LogP contribution in [0.15, 0.2) is 18.3 Å². The minimum absolute atomic E-state index is 0.665. The Balaban J connectivity index is 1.73. The Bertz CT molecular complexity index is 426. The van der Waals surface area contributed by atoms with E-state index in [0.29, 0.717) is 6.61 Å². The van der Waals surface area contributed by atoms with Crippen LogP contribution in [0.3, 0.4) is 0 Å². The third-order valence-corrected chi connectivity index (χ3v) is 3.04. The van der Waals surface area contributed by atoms with E-state index in [0.717, 1.165) is 30.3 Å². The van der Waals surface area contributed by atoms with E-state index >= 15 is 0 Å². The average Bonchev–Trinajstić information content (AvgIpc) is 2.98. The number of hydrogen-bond acceptors (Lipinski definition) is 5. The van der Waals surface area contributed by atoms with Crippen molar-refractivity contribution in [3.8, 4) is 0 Å². The Morgan fingerprint density at radius 1 is 1.47 bits per heavy atom. The largest absolute Gasteiger partial charge is 0.384 e. The summed E-state index contributed by atoms with van der Waals surface area (Å²) in [5.74, 6) is 0.847. The maximum absolute atomic E-state index is 4.99. The topological polar surface area (TPSA) is 62.8 Å². The number of ether oxygens (including phenoxy) is 1. The van der Waals surface area contributed by atoms with Crippen LogP contribution in [-0.4, -0.2) is 34.6 Å². The maximum Gasteiger partial charge on any atom is 0.202 e. The van der Waals surface area contributed by atoms with Gasteiger partial charge in [0.2, 0.25) is 5.13 Å². The predicted molar refractivity (Wildman–Crippen MR) is 68.5 cm³/mol. The second-order valence-electron chi connectivity index (χ2n) is 3.63. The van der Waals surface area contributed by atoms with Gasteiger partial charge >= 0.3 is 0 Å². The Labute approximate surface area is 104 Å². The van der Waals surface area contributed by atoms with E-state index in [-0.39, 0.29) is 0 Å². The van der Waals surface area contributed by atoms with Crippen molar-refractivity contribution >= 4 is 16.7 Å². The first-order valence-electron chi connectivity index (χ1n) is 5.56. The molecule has 2 rings (SSSR count). The quantitative estimate of drug-likeness (QED) is 0.787. The van der Waals surface area contributed by atoms with E-state index in [1.807, 2.05) is 12.3 Å². The molecule has 0 saturated carbocycles. The highest BCUT2D eigenvalue weighted by Crippen LogP contribution is 2.11. The van der Waals surface area contributed by atoms with Gasteiger partial charge in [0.05, 0.1) is 6.61 Å². The smallest absolute Gasteiger partial charge is 0.202 e. The van der Waals surface area contributed by atoms with Gasteiger partial charge in [-0.25, -0.2) is 4.98 Å². The van der Waals surface area contributed by atoms with Crippen LogP contribution < -0.4 is 5.32 Å². The minimum Gasteiger partial charge on any atom is -0.384 e. The monoisotopic (exact) mass is 252 g/mol. The molecule has 0 saturated heterocycles. The van der Waals surface area contributed by atoms with E-state index in [9.17, 15) is 0 Å². The molecule has 2 heterocycles. The van der Waals surface area contributed by atoms with Crippen molar-refractivity contribution in [3.05, 3.63) is 29.8 Å². The summed E-state index contributed by atoms with van der Waals surface area (Å²) in [6.07, 6.45) is 3.66. The SMILES string of the molecule is COCCc1nsc(NCCc2ccc[nH]2)n1. The summed E-state index contributed by atoms with van der Waals surface area (Å²) in [7, 11) is 1.68. The molecule has 2 N–H and O–H groups in total. The summed E-state index contributed by atoms with van der Waals surface area (Å²) in [5, 5.41) is 4.14. The zero-order chi connectivity index (χ0) is 11.9. The molecule has 5 nitrogen and oxygen atoms in total. The molecule has 0 aromatic carbocycles. The van der Waals surface area contributed by atoms with Gasteiger partial charge in [0, 0.05) is 49.9 Å². The molecule has 0 aliphatic rings. The van der Waals surface area contributed by atoms with Crippen molar-refractivity contribution in [1.29, 1.82) is 0 Å². The molecule has 92 valence electrons. The molecule has 0 unspecified atom stereocenters. The third-order valence-electron chi connectivity index (χ3n) is 2.33. The van der Waals surface area contributed by atoms with Crippen LogP contribution in [-0.2, 0) is 17.6 Å². The number of hydrogen-bond donors (Lipinski definition) is 2. The predicted octanol–water partition coefficient (Wildman–Crippen LogP) is 1.71. The van der Waals surface area contributed by atoms with Crippen molar-refractivity contribution in [2.45, 2.75) is 12.8 Å². The normalized spacial score (nSPS) is 10.6. The van der Waals surface area contributed by atoms with Gasteiger partial charge in [-0.3, -0.25) is 0 Å². The van der Waals surface area contributed by atoms with Gasteiger partial charge in [-0.1, -0.05) is 0 Å². The van der Waals surface area contributed by atoms with Gasteiger partial charge in [0.25, 0.3) is 0 Å². The number of nitrogens with zero attached hydrogens (tertiary/aromatic N) is 2. The highest BCUT2D eigenvalue weighted by Gasteiger charge is 2.03. The van der Waals surface area contributed by atoms with Gasteiger partial charge < -0.3 is 15.0 Å². The highest BCUT2D eigenvalue weighted by atomic mass is 32.1. The van der Waals surface area contributed by atoms with Gasteiger partial charge in [0.1, 0.15) is 5.82 Å². The van der Waals surface area contributed by atoms with E-state index in [2.05, 4.69) is 25.7 Å². The van der Waals surface area contributed by atoms with E-state index in [1.54, 1.807) is 7.11 Å². The molecular formula is C11H16N4OS. The minimum atomic E-state index is 0.665. The molecule has 0 bridgehead atoms.